The Labute approximate surface area is 259 Å². The lowest BCUT2D eigenvalue weighted by Gasteiger charge is -2.50. The van der Waals surface area contributed by atoms with Crippen LogP contribution in [0.2, 0.25) is 0 Å². The minimum absolute atomic E-state index is 0.0626. The molecule has 2 fully saturated rings. The Kier molecular flexibility index (Phi) is 10.6. The van der Waals surface area contributed by atoms with Crippen molar-refractivity contribution in [1.82, 2.24) is 4.90 Å². The molecule has 1 aromatic carbocycles. The van der Waals surface area contributed by atoms with Crippen molar-refractivity contribution in [3.05, 3.63) is 29.3 Å². The highest BCUT2D eigenvalue weighted by Gasteiger charge is 2.85. The fourth-order valence-electron chi connectivity index (χ4n) is 7.77. The molecule has 0 N–H and O–H groups in total. The molecular formula is C31H42F9NO4. The molecular weight excluding hydrogens is 621 g/mol. The van der Waals surface area contributed by atoms with Gasteiger partial charge in [-0.2, -0.15) is 39.5 Å². The van der Waals surface area contributed by atoms with Crippen molar-refractivity contribution in [2.75, 3.05) is 53.7 Å². The van der Waals surface area contributed by atoms with Gasteiger partial charge >= 0.3 is 24.1 Å². The SMILES string of the molecule is [2H]COCCCOc1ccc2c(c1)CCC1C2CC[C@@]2(C)C1CC[C@@H]2OCCN(C)CCOC(C(F)(F)F)(C(F)(F)F)C(F)(F)F. The number of fused-ring (bicyclic) bond motifs is 5. The first-order chi connectivity index (χ1) is 21.5. The maximum Gasteiger partial charge on any atom is 0.435 e. The van der Waals surface area contributed by atoms with Gasteiger partial charge in [-0.15, -0.1) is 0 Å². The van der Waals surface area contributed by atoms with Gasteiger partial charge in [-0.3, -0.25) is 0 Å². The van der Waals surface area contributed by atoms with E-state index in [-0.39, 0.29) is 31.8 Å². The topological polar surface area (TPSA) is 40.2 Å². The molecule has 0 heterocycles. The zero-order valence-corrected chi connectivity index (χ0v) is 25.4. The zero-order chi connectivity index (χ0) is 34.0. The summed E-state index contributed by atoms with van der Waals surface area (Å²) in [6, 6.07) is 6.31. The van der Waals surface area contributed by atoms with E-state index in [1.807, 2.05) is 6.07 Å². The summed E-state index contributed by atoms with van der Waals surface area (Å²) >= 11 is 0. The van der Waals surface area contributed by atoms with E-state index in [9.17, 15) is 39.5 Å². The number of halogens is 9. The first-order valence-electron chi connectivity index (χ1n) is 15.9. The molecule has 2 saturated carbocycles. The van der Waals surface area contributed by atoms with Crippen molar-refractivity contribution in [2.24, 2.45) is 17.3 Å². The van der Waals surface area contributed by atoms with E-state index >= 15 is 0 Å². The standard InChI is InChI=1S/C31H42F9NO4/c1-27-12-11-23-22-8-6-21(43-16-4-15-42-3)19-20(22)5-7-24(23)25(27)9-10-26(27)44-17-13-41(2)14-18-45-28(29(32,33)34,30(35,36)37)31(38,39)40/h6,8,19,23-26H,4-5,7,9-18H2,1-3H3/t23?,24?,25?,26-,27-/m0/s1/i3D. The number of benzene rings is 1. The van der Waals surface area contributed by atoms with E-state index in [1.165, 1.54) is 23.1 Å². The van der Waals surface area contributed by atoms with Crippen LogP contribution in [0.5, 0.6) is 5.75 Å². The van der Waals surface area contributed by atoms with Crippen molar-refractivity contribution < 1.29 is 59.8 Å². The molecule has 3 aliphatic rings. The molecule has 0 saturated heterocycles. The number of methoxy groups -OCH3 is 1. The van der Waals surface area contributed by atoms with Crippen LogP contribution < -0.4 is 4.74 Å². The van der Waals surface area contributed by atoms with Gasteiger partial charge in [-0.05, 0) is 92.0 Å². The third-order valence-electron chi connectivity index (χ3n) is 10.1. The lowest BCUT2D eigenvalue weighted by molar-refractivity contribution is -0.457. The highest BCUT2D eigenvalue weighted by molar-refractivity contribution is 5.40. The third kappa shape index (κ3) is 7.23. The summed E-state index contributed by atoms with van der Waals surface area (Å²) in [7, 11) is 1.31. The highest BCUT2D eigenvalue weighted by atomic mass is 19.4. The Bertz CT molecular complexity index is 1110. The van der Waals surface area contributed by atoms with Crippen LogP contribution in [0.15, 0.2) is 18.2 Å². The molecule has 45 heavy (non-hydrogen) atoms. The predicted molar refractivity (Wildman–Crippen MR) is 147 cm³/mol. The predicted octanol–water partition coefficient (Wildman–Crippen LogP) is 7.72. The summed E-state index contributed by atoms with van der Waals surface area (Å²) in [4.78, 5) is 1.29. The molecule has 5 atom stereocenters. The van der Waals surface area contributed by atoms with Gasteiger partial charge in [0.25, 0.3) is 0 Å². The van der Waals surface area contributed by atoms with Gasteiger partial charge < -0.3 is 23.8 Å². The van der Waals surface area contributed by atoms with Crippen molar-refractivity contribution in [3.63, 3.8) is 0 Å². The molecule has 14 heteroatoms. The second-order valence-electron chi connectivity index (χ2n) is 12.7. The van der Waals surface area contributed by atoms with Crippen LogP contribution in [0.25, 0.3) is 0 Å². The number of hydrogen-bond acceptors (Lipinski definition) is 5. The highest BCUT2D eigenvalue weighted by Crippen LogP contribution is 2.61. The average molecular weight is 665 g/mol. The summed E-state index contributed by atoms with van der Waals surface area (Å²) in [5.41, 5.74) is -3.68. The molecule has 4 rings (SSSR count). The van der Waals surface area contributed by atoms with Crippen LogP contribution in [-0.2, 0) is 20.6 Å². The molecule has 0 radical (unpaired) electrons. The molecule has 0 amide bonds. The average Bonchev–Trinajstić information content (AvgIpc) is 3.29. The van der Waals surface area contributed by atoms with E-state index in [0.29, 0.717) is 37.4 Å². The lowest BCUT2D eigenvalue weighted by atomic mass is 9.55. The summed E-state index contributed by atoms with van der Waals surface area (Å²) in [5, 5.41) is 0. The Hall–Kier alpha value is -1.77. The number of hydrogen-bond donors (Lipinski definition) is 0. The first-order valence-corrected chi connectivity index (χ1v) is 15.2. The number of aryl methyl sites for hydroxylation is 1. The van der Waals surface area contributed by atoms with Gasteiger partial charge in [0.1, 0.15) is 5.75 Å². The Morgan fingerprint density at radius 3 is 2.24 bits per heavy atom. The van der Waals surface area contributed by atoms with Crippen molar-refractivity contribution in [3.8, 4) is 5.75 Å². The number of ether oxygens (including phenoxy) is 4. The molecule has 1 aromatic rings. The summed E-state index contributed by atoms with van der Waals surface area (Å²) in [6.07, 6.45) is -13.9. The molecule has 0 aromatic heterocycles. The summed E-state index contributed by atoms with van der Waals surface area (Å²) in [5.74, 6) is 2.19. The monoisotopic (exact) mass is 664 g/mol. The molecule has 5 nitrogen and oxygen atoms in total. The first kappa shape index (κ1) is 34.6. The van der Waals surface area contributed by atoms with Crippen LogP contribution in [-0.4, -0.2) is 88.8 Å². The van der Waals surface area contributed by atoms with Crippen LogP contribution in [0, 0.1) is 17.3 Å². The molecule has 258 valence electrons. The van der Waals surface area contributed by atoms with Crippen LogP contribution >= 0.6 is 0 Å². The number of likely N-dealkylation sites (N-methyl/N-ethyl adjacent to an activating group) is 1. The zero-order valence-electron chi connectivity index (χ0n) is 26.4. The summed E-state index contributed by atoms with van der Waals surface area (Å²) in [6.45, 7) is 1.43. The number of rotatable bonds is 13. The van der Waals surface area contributed by atoms with Gasteiger partial charge in [0, 0.05) is 33.2 Å². The third-order valence-corrected chi connectivity index (χ3v) is 10.1. The Balaban J connectivity index is 1.27. The Morgan fingerprint density at radius 1 is 0.889 bits per heavy atom. The molecule has 0 aliphatic heterocycles. The quantitative estimate of drug-likeness (QED) is 0.160. The maximum absolute atomic E-state index is 13.1. The Morgan fingerprint density at radius 2 is 1.58 bits per heavy atom. The summed E-state index contributed by atoms with van der Waals surface area (Å²) < 4.78 is 146. The van der Waals surface area contributed by atoms with Gasteiger partial charge in [0.05, 0.1) is 27.3 Å². The number of alkyl halides is 9. The van der Waals surface area contributed by atoms with Gasteiger partial charge in [0.15, 0.2) is 0 Å². The van der Waals surface area contributed by atoms with E-state index in [1.54, 1.807) is 0 Å². The minimum atomic E-state index is -6.74. The van der Waals surface area contributed by atoms with Crippen LogP contribution in [0.4, 0.5) is 39.5 Å². The molecule has 0 spiro atoms. The second kappa shape index (κ2) is 13.8. The lowest BCUT2D eigenvalue weighted by Crippen LogP contribution is -2.68. The van der Waals surface area contributed by atoms with Crippen LogP contribution in [0.3, 0.4) is 0 Å². The normalized spacial score (nSPS) is 27.6. The fraction of sp³-hybridized carbons (Fsp3) is 0.806. The van der Waals surface area contributed by atoms with Crippen molar-refractivity contribution >= 4 is 0 Å². The van der Waals surface area contributed by atoms with Gasteiger partial charge in [-0.25, -0.2) is 0 Å². The molecule has 3 unspecified atom stereocenters. The van der Waals surface area contributed by atoms with Crippen molar-refractivity contribution in [2.45, 2.75) is 88.0 Å². The van der Waals surface area contributed by atoms with E-state index in [4.69, 9.17) is 15.6 Å². The van der Waals surface area contributed by atoms with E-state index in [0.717, 1.165) is 44.3 Å². The minimum Gasteiger partial charge on any atom is -0.493 e. The smallest absolute Gasteiger partial charge is 0.435 e. The van der Waals surface area contributed by atoms with Crippen LogP contribution in [0.1, 0.15) is 63.9 Å². The van der Waals surface area contributed by atoms with Gasteiger partial charge in [0.2, 0.25) is 0 Å². The van der Waals surface area contributed by atoms with Crippen molar-refractivity contribution in [1.29, 1.82) is 0 Å². The largest absolute Gasteiger partial charge is 0.493 e. The number of nitrogens with zero attached hydrogens (tertiary/aromatic N) is 1. The van der Waals surface area contributed by atoms with E-state index in [2.05, 4.69) is 23.8 Å². The molecule has 0 bridgehead atoms. The molecule has 3 aliphatic carbocycles. The van der Waals surface area contributed by atoms with Gasteiger partial charge in [-0.1, -0.05) is 13.0 Å². The maximum atomic E-state index is 13.1. The second-order valence-corrected chi connectivity index (χ2v) is 12.7. The fourth-order valence-corrected chi connectivity index (χ4v) is 7.77. The van der Waals surface area contributed by atoms with E-state index < -0.39 is 37.3 Å².